The molecular weight excluding hydrogens is 402 g/mol. The van der Waals surface area contributed by atoms with Gasteiger partial charge in [0, 0.05) is 22.6 Å². The lowest BCUT2D eigenvalue weighted by molar-refractivity contribution is -0.116. The number of aromatic amines is 1. The van der Waals surface area contributed by atoms with Gasteiger partial charge in [-0.1, -0.05) is 12.1 Å². The van der Waals surface area contributed by atoms with Crippen LogP contribution < -0.4 is 16.2 Å². The zero-order valence-corrected chi connectivity index (χ0v) is 17.4. The number of nitrogens with one attached hydrogen (secondary N) is 3. The van der Waals surface area contributed by atoms with E-state index in [4.69, 9.17) is 0 Å². The average Bonchev–Trinajstić information content (AvgIpc) is 3.35. The van der Waals surface area contributed by atoms with Gasteiger partial charge in [-0.3, -0.25) is 14.7 Å². The van der Waals surface area contributed by atoms with Gasteiger partial charge < -0.3 is 10.6 Å². The van der Waals surface area contributed by atoms with Crippen LogP contribution in [0.2, 0.25) is 0 Å². The van der Waals surface area contributed by atoms with E-state index in [0.29, 0.717) is 35.3 Å². The molecule has 4 rings (SSSR count). The Morgan fingerprint density at radius 2 is 2.03 bits per heavy atom. The van der Waals surface area contributed by atoms with Crippen LogP contribution in [-0.4, -0.2) is 30.5 Å². The maximum Gasteiger partial charge on any atom is 0.277 e. The van der Waals surface area contributed by atoms with E-state index in [1.807, 2.05) is 36.6 Å². The third-order valence-corrected chi connectivity index (χ3v) is 5.44. The molecule has 0 radical (unpaired) electrons. The molecule has 0 atom stereocenters. The first-order chi connectivity index (χ1) is 14.5. The molecule has 0 saturated carbocycles. The van der Waals surface area contributed by atoms with Crippen LogP contribution in [0.4, 0.5) is 11.8 Å². The molecule has 0 aliphatic rings. The van der Waals surface area contributed by atoms with Gasteiger partial charge in [0.05, 0.1) is 12.2 Å². The zero-order valence-electron chi connectivity index (χ0n) is 16.6. The number of aryl methyl sites for hydroxylation is 2. The second-order valence-corrected chi connectivity index (χ2v) is 7.87. The van der Waals surface area contributed by atoms with E-state index < -0.39 is 0 Å². The van der Waals surface area contributed by atoms with Gasteiger partial charge in [0.25, 0.3) is 11.3 Å². The number of aromatic nitrogens is 5. The summed E-state index contributed by atoms with van der Waals surface area (Å²) in [6.45, 7) is 4.21. The number of anilines is 2. The fourth-order valence-electron chi connectivity index (χ4n) is 3.06. The molecule has 0 spiro atoms. The van der Waals surface area contributed by atoms with Crippen molar-refractivity contribution in [2.75, 3.05) is 10.6 Å². The van der Waals surface area contributed by atoms with Crippen molar-refractivity contribution in [2.24, 2.45) is 0 Å². The smallest absolute Gasteiger partial charge is 0.277 e. The van der Waals surface area contributed by atoms with Gasteiger partial charge in [-0.25, -0.2) is 9.97 Å². The van der Waals surface area contributed by atoms with Crippen LogP contribution in [0.3, 0.4) is 0 Å². The highest BCUT2D eigenvalue weighted by Gasteiger charge is 2.15. The molecule has 0 aliphatic heterocycles. The first kappa shape index (κ1) is 19.8. The molecule has 0 aromatic carbocycles. The summed E-state index contributed by atoms with van der Waals surface area (Å²) in [5.41, 5.74) is 1.61. The van der Waals surface area contributed by atoms with E-state index in [1.54, 1.807) is 24.3 Å². The summed E-state index contributed by atoms with van der Waals surface area (Å²) in [5.74, 6) is 1.05. The Hall–Kier alpha value is -3.53. The number of rotatable bonds is 7. The topological polar surface area (TPSA) is 117 Å². The number of fused-ring (bicyclic) bond motifs is 1. The van der Waals surface area contributed by atoms with Gasteiger partial charge >= 0.3 is 0 Å². The number of nitrogens with zero attached hydrogens (tertiary/aromatic N) is 4. The van der Waals surface area contributed by atoms with E-state index in [0.717, 1.165) is 10.6 Å². The third-order valence-electron chi connectivity index (χ3n) is 4.56. The SMILES string of the molecule is Cc1cccc(NC(=O)CCc2c(C)nc3nc(NCc4cccs4)[nH]n3c2=O)n1. The van der Waals surface area contributed by atoms with Crippen molar-refractivity contribution in [3.05, 3.63) is 67.9 Å². The van der Waals surface area contributed by atoms with Crippen molar-refractivity contribution >= 4 is 34.8 Å². The minimum atomic E-state index is -0.254. The van der Waals surface area contributed by atoms with E-state index in [1.165, 1.54) is 4.52 Å². The summed E-state index contributed by atoms with van der Waals surface area (Å²) in [6, 6.07) is 9.41. The molecule has 0 fully saturated rings. The number of carbonyl (C=O) groups excluding carboxylic acids is 1. The van der Waals surface area contributed by atoms with Gasteiger partial charge in [-0.2, -0.15) is 9.50 Å². The zero-order chi connectivity index (χ0) is 21.1. The maximum absolute atomic E-state index is 12.9. The number of carbonyl (C=O) groups is 1. The van der Waals surface area contributed by atoms with Crippen molar-refractivity contribution in [1.29, 1.82) is 0 Å². The van der Waals surface area contributed by atoms with Crippen molar-refractivity contribution in [1.82, 2.24) is 24.6 Å². The predicted molar refractivity (Wildman–Crippen MR) is 116 cm³/mol. The van der Waals surface area contributed by atoms with E-state index >= 15 is 0 Å². The summed E-state index contributed by atoms with van der Waals surface area (Å²) in [4.78, 5) is 39.3. The fraction of sp³-hybridized carbons (Fsp3) is 0.250. The van der Waals surface area contributed by atoms with Gasteiger partial charge in [0.15, 0.2) is 0 Å². The number of hydrogen-bond acceptors (Lipinski definition) is 7. The fourth-order valence-corrected chi connectivity index (χ4v) is 3.71. The first-order valence-electron chi connectivity index (χ1n) is 9.47. The number of thiophene rings is 1. The number of pyridine rings is 1. The van der Waals surface area contributed by atoms with Gasteiger partial charge in [-0.05, 0) is 43.8 Å². The second-order valence-electron chi connectivity index (χ2n) is 6.83. The largest absolute Gasteiger partial charge is 0.350 e. The van der Waals surface area contributed by atoms with Crippen LogP contribution in [0.5, 0.6) is 0 Å². The van der Waals surface area contributed by atoms with E-state index in [-0.39, 0.29) is 24.3 Å². The molecule has 10 heteroatoms. The summed E-state index contributed by atoms with van der Waals surface area (Å²) in [7, 11) is 0. The Morgan fingerprint density at radius 3 is 2.80 bits per heavy atom. The lowest BCUT2D eigenvalue weighted by Crippen LogP contribution is -2.23. The van der Waals surface area contributed by atoms with E-state index in [9.17, 15) is 9.59 Å². The second kappa shape index (κ2) is 8.46. The van der Waals surface area contributed by atoms with Crippen molar-refractivity contribution in [3.63, 3.8) is 0 Å². The Labute approximate surface area is 176 Å². The average molecular weight is 424 g/mol. The molecule has 1 amide bonds. The van der Waals surface area contributed by atoms with Gasteiger partial charge in [0.2, 0.25) is 11.9 Å². The van der Waals surface area contributed by atoms with Crippen LogP contribution in [0, 0.1) is 13.8 Å². The summed E-state index contributed by atoms with van der Waals surface area (Å²) < 4.78 is 1.30. The molecule has 30 heavy (non-hydrogen) atoms. The lowest BCUT2D eigenvalue weighted by atomic mass is 10.1. The molecule has 4 aromatic rings. The van der Waals surface area contributed by atoms with Gasteiger partial charge in [0.1, 0.15) is 5.82 Å². The summed E-state index contributed by atoms with van der Waals surface area (Å²) >= 11 is 1.64. The van der Waals surface area contributed by atoms with Crippen LogP contribution in [0.25, 0.3) is 5.78 Å². The highest BCUT2D eigenvalue weighted by atomic mass is 32.1. The Bertz CT molecular complexity index is 1240. The molecular formula is C20H21N7O2S. The van der Waals surface area contributed by atoms with E-state index in [2.05, 4.69) is 30.7 Å². The number of H-pyrrole nitrogens is 1. The molecule has 0 saturated heterocycles. The maximum atomic E-state index is 12.9. The van der Waals surface area contributed by atoms with Crippen molar-refractivity contribution < 1.29 is 4.79 Å². The molecule has 154 valence electrons. The standard InChI is InChI=1S/C20H21N7O2S/c1-12-5-3-7-16(22-12)24-17(28)9-8-15-13(2)23-20-25-19(26-27(20)18(15)29)21-11-14-6-4-10-30-14/h3-7,10H,8-9,11H2,1-2H3,(H,22,24,28)(H2,21,23,25,26). The molecule has 4 aromatic heterocycles. The highest BCUT2D eigenvalue weighted by molar-refractivity contribution is 7.09. The number of amides is 1. The first-order valence-corrected chi connectivity index (χ1v) is 10.4. The molecule has 4 heterocycles. The molecule has 0 unspecified atom stereocenters. The van der Waals surface area contributed by atoms with Crippen LogP contribution in [0.15, 0.2) is 40.5 Å². The number of hydrogen-bond donors (Lipinski definition) is 3. The Kier molecular flexibility index (Phi) is 5.57. The highest BCUT2D eigenvalue weighted by Crippen LogP contribution is 2.12. The minimum absolute atomic E-state index is 0.150. The van der Waals surface area contributed by atoms with Crippen molar-refractivity contribution in [3.8, 4) is 0 Å². The summed E-state index contributed by atoms with van der Waals surface area (Å²) in [5, 5.41) is 10.9. The Morgan fingerprint density at radius 1 is 1.17 bits per heavy atom. The quantitative estimate of drug-likeness (QED) is 0.421. The Balaban J connectivity index is 1.46. The minimum Gasteiger partial charge on any atom is -0.350 e. The monoisotopic (exact) mass is 423 g/mol. The molecule has 3 N–H and O–H groups in total. The third kappa shape index (κ3) is 4.38. The van der Waals surface area contributed by atoms with Crippen LogP contribution >= 0.6 is 11.3 Å². The molecule has 0 aliphatic carbocycles. The van der Waals surface area contributed by atoms with Crippen molar-refractivity contribution in [2.45, 2.75) is 33.2 Å². The molecule has 9 nitrogen and oxygen atoms in total. The predicted octanol–water partition coefficient (Wildman–Crippen LogP) is 2.67. The normalized spacial score (nSPS) is 11.0. The lowest BCUT2D eigenvalue weighted by Gasteiger charge is -2.06. The van der Waals surface area contributed by atoms with Crippen LogP contribution in [-0.2, 0) is 17.8 Å². The summed E-state index contributed by atoms with van der Waals surface area (Å²) in [6.07, 6.45) is 0.423. The molecule has 0 bridgehead atoms. The van der Waals surface area contributed by atoms with Crippen LogP contribution in [0.1, 0.15) is 28.2 Å². The van der Waals surface area contributed by atoms with Gasteiger partial charge in [-0.15, -0.1) is 11.3 Å².